The lowest BCUT2D eigenvalue weighted by atomic mass is 9.86. The van der Waals surface area contributed by atoms with Gasteiger partial charge in [0.25, 0.3) is 0 Å². The van der Waals surface area contributed by atoms with Gasteiger partial charge in [0, 0.05) is 38.8 Å². The van der Waals surface area contributed by atoms with Crippen molar-refractivity contribution in [2.24, 2.45) is 5.92 Å². The average Bonchev–Trinajstić information content (AvgIpc) is 2.66. The molecule has 1 amide bonds. The molecule has 4 nitrogen and oxygen atoms in total. The quantitative estimate of drug-likeness (QED) is 0.852. The zero-order valence-electron chi connectivity index (χ0n) is 16.1. The Hall–Kier alpha value is -1.65. The van der Waals surface area contributed by atoms with Gasteiger partial charge in [0.15, 0.2) is 0 Å². The van der Waals surface area contributed by atoms with Crippen molar-refractivity contribution in [3.05, 3.63) is 42.0 Å². The normalized spacial score (nSPS) is 25.4. The summed E-state index contributed by atoms with van der Waals surface area (Å²) in [4.78, 5) is 17.1. The molecule has 1 aromatic rings. The van der Waals surface area contributed by atoms with Crippen LogP contribution in [0.15, 0.2) is 36.4 Å². The Kier molecular flexibility index (Phi) is 7.27. The van der Waals surface area contributed by atoms with Crippen molar-refractivity contribution in [1.82, 2.24) is 15.1 Å². The number of benzene rings is 1. The number of amides is 1. The Morgan fingerprint density at radius 3 is 2.50 bits per heavy atom. The minimum atomic E-state index is 0.209. The van der Waals surface area contributed by atoms with Crippen molar-refractivity contribution in [3.8, 4) is 0 Å². The van der Waals surface area contributed by atoms with E-state index >= 15 is 0 Å². The molecule has 0 bridgehead atoms. The lowest BCUT2D eigenvalue weighted by Gasteiger charge is -2.35. The number of rotatable bonds is 6. The summed E-state index contributed by atoms with van der Waals surface area (Å²) in [7, 11) is 0. The Balaban J connectivity index is 1.34. The molecule has 0 spiro atoms. The molecule has 1 saturated heterocycles. The minimum absolute atomic E-state index is 0.209. The van der Waals surface area contributed by atoms with E-state index in [1.807, 2.05) is 6.07 Å². The minimum Gasteiger partial charge on any atom is -0.352 e. The summed E-state index contributed by atoms with van der Waals surface area (Å²) in [5.41, 5.74) is 1.25. The lowest BCUT2D eigenvalue weighted by molar-refractivity contribution is -0.123. The summed E-state index contributed by atoms with van der Waals surface area (Å²) < 4.78 is 0. The molecule has 0 unspecified atom stereocenters. The number of carbonyl (C=O) groups excluding carboxylic acids is 1. The summed E-state index contributed by atoms with van der Waals surface area (Å²) in [5, 5.41) is 3.27. The molecule has 1 aromatic carbocycles. The summed E-state index contributed by atoms with van der Waals surface area (Å²) in [6.45, 7) is 7.83. The molecular formula is C22H33N3O. The van der Waals surface area contributed by atoms with Crippen LogP contribution in [0.3, 0.4) is 0 Å². The van der Waals surface area contributed by atoms with Gasteiger partial charge in [-0.25, -0.2) is 0 Å². The number of carbonyl (C=O) groups is 1. The predicted octanol–water partition coefficient (Wildman–Crippen LogP) is 3.01. The summed E-state index contributed by atoms with van der Waals surface area (Å²) in [6, 6.07) is 10.8. The van der Waals surface area contributed by atoms with E-state index in [-0.39, 0.29) is 5.91 Å². The highest BCUT2D eigenvalue weighted by molar-refractivity contribution is 5.78. The fraction of sp³-hybridized carbons (Fsp3) is 0.591. The molecule has 1 N–H and O–H groups in total. The molecule has 0 radical (unpaired) electrons. The van der Waals surface area contributed by atoms with E-state index in [2.05, 4.69) is 58.5 Å². The monoisotopic (exact) mass is 355 g/mol. The van der Waals surface area contributed by atoms with Crippen LogP contribution in [0.2, 0.25) is 0 Å². The smallest absolute Gasteiger partial charge is 0.234 e. The van der Waals surface area contributed by atoms with Crippen LogP contribution in [0.1, 0.15) is 38.2 Å². The fourth-order valence-electron chi connectivity index (χ4n) is 4.02. The van der Waals surface area contributed by atoms with Gasteiger partial charge < -0.3 is 5.32 Å². The molecule has 2 atom stereocenters. The number of piperazine rings is 1. The van der Waals surface area contributed by atoms with E-state index in [1.54, 1.807) is 0 Å². The predicted molar refractivity (Wildman–Crippen MR) is 108 cm³/mol. The van der Waals surface area contributed by atoms with Crippen molar-refractivity contribution in [2.45, 2.75) is 38.6 Å². The van der Waals surface area contributed by atoms with Crippen LogP contribution in [0.25, 0.3) is 6.08 Å². The maximum absolute atomic E-state index is 12.4. The zero-order valence-corrected chi connectivity index (χ0v) is 16.1. The largest absolute Gasteiger partial charge is 0.352 e. The van der Waals surface area contributed by atoms with E-state index < -0.39 is 0 Å². The molecule has 4 heteroatoms. The van der Waals surface area contributed by atoms with Crippen LogP contribution in [0, 0.1) is 5.92 Å². The van der Waals surface area contributed by atoms with Crippen LogP contribution >= 0.6 is 0 Å². The van der Waals surface area contributed by atoms with Crippen LogP contribution in [0.4, 0.5) is 0 Å². The van der Waals surface area contributed by atoms with E-state index in [0.717, 1.165) is 39.1 Å². The zero-order chi connectivity index (χ0) is 18.2. The van der Waals surface area contributed by atoms with Crippen molar-refractivity contribution in [2.75, 3.05) is 39.3 Å². The number of nitrogens with zero attached hydrogens (tertiary/aromatic N) is 2. The molecule has 0 aromatic heterocycles. The first kappa shape index (κ1) is 19.1. The topological polar surface area (TPSA) is 35.6 Å². The molecule has 1 saturated carbocycles. The fourth-order valence-corrected chi connectivity index (χ4v) is 4.02. The second-order valence-electron chi connectivity index (χ2n) is 7.83. The van der Waals surface area contributed by atoms with Crippen LogP contribution in [-0.2, 0) is 4.79 Å². The van der Waals surface area contributed by atoms with Crippen LogP contribution < -0.4 is 5.32 Å². The standard InChI is InChI=1S/C22H33N3O/c1-19-8-5-6-12-21(19)23-22(26)18-25-16-14-24(15-17-25)13-7-11-20-9-3-2-4-10-20/h2-4,7,9-11,19,21H,5-6,8,12-18H2,1H3,(H,23,26)/b11-7+/t19-,21+/m0/s1. The molecule has 2 fully saturated rings. The number of hydrogen-bond acceptors (Lipinski definition) is 3. The molecule has 1 heterocycles. The first-order valence-corrected chi connectivity index (χ1v) is 10.2. The number of hydrogen-bond donors (Lipinski definition) is 1. The van der Waals surface area contributed by atoms with Crippen molar-refractivity contribution >= 4 is 12.0 Å². The van der Waals surface area contributed by atoms with Crippen molar-refractivity contribution in [1.29, 1.82) is 0 Å². The van der Waals surface area contributed by atoms with Gasteiger partial charge in [-0.05, 0) is 24.3 Å². The van der Waals surface area contributed by atoms with Gasteiger partial charge in [-0.15, -0.1) is 0 Å². The molecule has 142 valence electrons. The molecule has 1 aliphatic carbocycles. The molecule has 1 aliphatic heterocycles. The third-order valence-electron chi connectivity index (χ3n) is 5.76. The van der Waals surface area contributed by atoms with Gasteiger partial charge in [-0.2, -0.15) is 0 Å². The van der Waals surface area contributed by atoms with E-state index in [0.29, 0.717) is 18.5 Å². The highest BCUT2D eigenvalue weighted by Crippen LogP contribution is 2.23. The third kappa shape index (κ3) is 5.96. The summed E-state index contributed by atoms with van der Waals surface area (Å²) in [5.74, 6) is 0.835. The van der Waals surface area contributed by atoms with Gasteiger partial charge in [0.1, 0.15) is 0 Å². The Labute approximate surface area is 158 Å². The van der Waals surface area contributed by atoms with E-state index in [1.165, 1.54) is 24.8 Å². The molecule has 2 aliphatic rings. The highest BCUT2D eigenvalue weighted by atomic mass is 16.2. The van der Waals surface area contributed by atoms with Gasteiger partial charge in [-0.3, -0.25) is 14.6 Å². The first-order chi connectivity index (χ1) is 12.7. The maximum atomic E-state index is 12.4. The third-order valence-corrected chi connectivity index (χ3v) is 5.76. The van der Waals surface area contributed by atoms with Gasteiger partial charge in [0.05, 0.1) is 6.54 Å². The number of nitrogens with one attached hydrogen (secondary N) is 1. The lowest BCUT2D eigenvalue weighted by Crippen LogP contribution is -2.51. The summed E-state index contributed by atoms with van der Waals surface area (Å²) in [6.07, 6.45) is 9.39. The van der Waals surface area contributed by atoms with E-state index in [9.17, 15) is 4.79 Å². The molecule has 26 heavy (non-hydrogen) atoms. The second kappa shape index (κ2) is 9.89. The SMILES string of the molecule is C[C@H]1CCCC[C@H]1NC(=O)CN1CCN(C/C=C/c2ccccc2)CC1. The first-order valence-electron chi connectivity index (χ1n) is 10.2. The molecular weight excluding hydrogens is 322 g/mol. The van der Waals surface area contributed by atoms with Gasteiger partial charge >= 0.3 is 0 Å². The van der Waals surface area contributed by atoms with Crippen molar-refractivity contribution in [3.63, 3.8) is 0 Å². The van der Waals surface area contributed by atoms with E-state index in [4.69, 9.17) is 0 Å². The van der Waals surface area contributed by atoms with Gasteiger partial charge in [0.2, 0.25) is 5.91 Å². The second-order valence-corrected chi connectivity index (χ2v) is 7.83. The molecule has 3 rings (SSSR count). The Bertz CT molecular complexity index is 578. The Morgan fingerprint density at radius 1 is 1.08 bits per heavy atom. The summed E-state index contributed by atoms with van der Waals surface area (Å²) >= 11 is 0. The van der Waals surface area contributed by atoms with Crippen molar-refractivity contribution < 1.29 is 4.79 Å². The average molecular weight is 356 g/mol. The van der Waals surface area contributed by atoms with Crippen LogP contribution in [-0.4, -0.2) is 61.0 Å². The van der Waals surface area contributed by atoms with Crippen LogP contribution in [0.5, 0.6) is 0 Å². The Morgan fingerprint density at radius 2 is 1.77 bits per heavy atom. The van der Waals surface area contributed by atoms with Gasteiger partial charge in [-0.1, -0.05) is 62.2 Å². The maximum Gasteiger partial charge on any atom is 0.234 e. The highest BCUT2D eigenvalue weighted by Gasteiger charge is 2.24.